The second-order valence-electron chi connectivity index (χ2n) is 3.02. The summed E-state index contributed by atoms with van der Waals surface area (Å²) in [6.45, 7) is 0. The third kappa shape index (κ3) is 3.00. The quantitative estimate of drug-likeness (QED) is 0.605. The number of carbonyl (C=O) groups is 1. The lowest BCUT2D eigenvalue weighted by molar-refractivity contribution is 0.101. The van der Waals surface area contributed by atoms with Gasteiger partial charge >= 0.3 is 0 Å². The molecule has 0 aliphatic carbocycles. The Bertz CT molecular complexity index is 467. The zero-order chi connectivity index (χ0) is 11.6. The molecule has 15 heavy (non-hydrogen) atoms. The molecule has 0 N–H and O–H groups in total. The molecule has 1 aromatic rings. The highest BCUT2D eigenvalue weighted by Gasteiger charge is 2.26. The molecule has 0 unspecified atom stereocenters. The van der Waals surface area contributed by atoms with E-state index in [1.54, 1.807) is 0 Å². The molecule has 0 bridgehead atoms. The van der Waals surface area contributed by atoms with Gasteiger partial charge in [-0.2, -0.15) is 0 Å². The molecule has 0 heterocycles. The molecule has 0 saturated carbocycles. The van der Waals surface area contributed by atoms with Crippen molar-refractivity contribution in [1.29, 1.82) is 0 Å². The Kier molecular flexibility index (Phi) is 3.46. The number of Topliss-reactive ketones (excluding diaryl/α,β-unsaturated/α-hetero) is 1. The number of sulfone groups is 1. The minimum absolute atomic E-state index is 0.0711. The first-order valence-corrected chi connectivity index (χ1v) is 6.34. The van der Waals surface area contributed by atoms with Crippen LogP contribution in [0.3, 0.4) is 0 Å². The van der Waals surface area contributed by atoms with E-state index >= 15 is 0 Å². The van der Waals surface area contributed by atoms with Crippen molar-refractivity contribution in [2.45, 2.75) is 4.71 Å². The highest BCUT2D eigenvalue weighted by molar-refractivity contribution is 7.93. The van der Waals surface area contributed by atoms with Crippen molar-refractivity contribution in [3.8, 4) is 0 Å². The predicted molar refractivity (Wildman–Crippen MR) is 55.2 cm³/mol. The van der Waals surface area contributed by atoms with Crippen molar-refractivity contribution >= 4 is 27.2 Å². The van der Waals surface area contributed by atoms with Crippen molar-refractivity contribution in [2.24, 2.45) is 0 Å². The maximum atomic E-state index is 12.5. The molecule has 0 amide bonds. The molecule has 0 aliphatic rings. The first kappa shape index (κ1) is 12.1. The fraction of sp³-hybridized carbons (Fsp3) is 0.222. The van der Waals surface area contributed by atoms with Crippen LogP contribution >= 0.6 is 11.6 Å². The highest BCUT2D eigenvalue weighted by atomic mass is 35.5. The molecule has 0 radical (unpaired) electrons. The van der Waals surface area contributed by atoms with Crippen molar-refractivity contribution in [3.05, 3.63) is 35.6 Å². The number of alkyl halides is 1. The smallest absolute Gasteiger partial charge is 0.197 e. The summed E-state index contributed by atoms with van der Waals surface area (Å²) in [6.07, 6.45) is 0.867. The summed E-state index contributed by atoms with van der Waals surface area (Å²) in [5, 5.41) is 0. The Hall–Kier alpha value is -0.940. The molecule has 1 aromatic carbocycles. The number of rotatable bonds is 3. The van der Waals surface area contributed by atoms with Gasteiger partial charge in [0.2, 0.25) is 0 Å². The number of hydrogen-bond acceptors (Lipinski definition) is 3. The first-order chi connectivity index (χ1) is 6.82. The predicted octanol–water partition coefficient (Wildman–Crippen LogP) is 1.62. The normalized spacial score (nSPS) is 13.5. The minimum atomic E-state index is -3.64. The van der Waals surface area contributed by atoms with Crippen LogP contribution in [0.1, 0.15) is 10.4 Å². The average Bonchev–Trinajstić information content (AvgIpc) is 2.15. The van der Waals surface area contributed by atoms with Gasteiger partial charge in [-0.3, -0.25) is 4.79 Å². The van der Waals surface area contributed by atoms with Crippen LogP contribution in [-0.2, 0) is 9.84 Å². The maximum absolute atomic E-state index is 12.5. The zero-order valence-electron chi connectivity index (χ0n) is 7.78. The van der Waals surface area contributed by atoms with Crippen LogP contribution in [0.25, 0.3) is 0 Å². The van der Waals surface area contributed by atoms with Crippen LogP contribution in [-0.4, -0.2) is 25.2 Å². The highest BCUT2D eigenvalue weighted by Crippen LogP contribution is 2.13. The fourth-order valence-electron chi connectivity index (χ4n) is 0.940. The Morgan fingerprint density at radius 1 is 1.33 bits per heavy atom. The van der Waals surface area contributed by atoms with E-state index in [9.17, 15) is 17.6 Å². The van der Waals surface area contributed by atoms with Crippen LogP contribution in [0.4, 0.5) is 4.39 Å². The monoisotopic (exact) mass is 250 g/mol. The second-order valence-corrected chi connectivity index (χ2v) is 5.84. The Labute approximate surface area is 91.8 Å². The van der Waals surface area contributed by atoms with Gasteiger partial charge in [0, 0.05) is 11.8 Å². The summed E-state index contributed by atoms with van der Waals surface area (Å²) in [5.41, 5.74) is 0.0711. The number of carbonyl (C=O) groups excluding carboxylic acids is 1. The molecular weight excluding hydrogens is 243 g/mol. The number of halogens is 2. The standard InChI is InChI=1S/C9H8ClFO3S/c1-15(13,14)9(10)8(12)6-2-4-7(11)5-3-6/h2-5,9H,1H3/t9-/m1/s1. The van der Waals surface area contributed by atoms with E-state index in [1.165, 1.54) is 12.1 Å². The lowest BCUT2D eigenvalue weighted by atomic mass is 10.1. The molecule has 3 nitrogen and oxygen atoms in total. The van der Waals surface area contributed by atoms with Crippen LogP contribution in [0.5, 0.6) is 0 Å². The summed E-state index contributed by atoms with van der Waals surface area (Å²) in [5.74, 6) is -1.25. The van der Waals surface area contributed by atoms with Gasteiger partial charge in [0.25, 0.3) is 0 Å². The van der Waals surface area contributed by atoms with Gasteiger partial charge in [0.1, 0.15) is 5.82 Å². The van der Waals surface area contributed by atoms with Gasteiger partial charge in [-0.15, -0.1) is 0 Å². The topological polar surface area (TPSA) is 51.2 Å². The summed E-state index contributed by atoms with van der Waals surface area (Å²) >= 11 is 5.45. The van der Waals surface area contributed by atoms with E-state index in [2.05, 4.69) is 0 Å². The lowest BCUT2D eigenvalue weighted by Crippen LogP contribution is -2.23. The number of ketones is 1. The molecule has 1 rings (SSSR count). The summed E-state index contributed by atoms with van der Waals surface area (Å²) in [7, 11) is -3.64. The van der Waals surface area contributed by atoms with E-state index < -0.39 is 26.1 Å². The second kappa shape index (κ2) is 4.28. The number of hydrogen-bond donors (Lipinski definition) is 0. The summed E-state index contributed by atoms with van der Waals surface area (Å²) in [4.78, 5) is 11.5. The van der Waals surface area contributed by atoms with E-state index in [0.29, 0.717) is 0 Å². The molecule has 0 saturated heterocycles. The molecule has 6 heteroatoms. The summed E-state index contributed by atoms with van der Waals surface area (Å²) < 4.78 is 32.9. The van der Waals surface area contributed by atoms with Crippen molar-refractivity contribution in [1.82, 2.24) is 0 Å². The zero-order valence-corrected chi connectivity index (χ0v) is 9.35. The van der Waals surface area contributed by atoms with Crippen molar-refractivity contribution in [2.75, 3.05) is 6.26 Å². The molecule has 82 valence electrons. The SMILES string of the molecule is CS(=O)(=O)[C@@H](Cl)C(=O)c1ccc(F)cc1. The maximum Gasteiger partial charge on any atom is 0.197 e. The van der Waals surface area contributed by atoms with Crippen LogP contribution in [0, 0.1) is 5.82 Å². The van der Waals surface area contributed by atoms with Gasteiger partial charge in [0.05, 0.1) is 0 Å². The van der Waals surface area contributed by atoms with E-state index in [1.807, 2.05) is 0 Å². The largest absolute Gasteiger partial charge is 0.291 e. The summed E-state index contributed by atoms with van der Waals surface area (Å²) in [6, 6.07) is 4.52. The molecule has 0 spiro atoms. The van der Waals surface area contributed by atoms with Crippen molar-refractivity contribution in [3.63, 3.8) is 0 Å². The van der Waals surface area contributed by atoms with Gasteiger partial charge < -0.3 is 0 Å². The van der Waals surface area contributed by atoms with Gasteiger partial charge in [-0.1, -0.05) is 11.6 Å². The third-order valence-electron chi connectivity index (χ3n) is 1.71. The van der Waals surface area contributed by atoms with Gasteiger partial charge in [-0.25, -0.2) is 12.8 Å². The van der Waals surface area contributed by atoms with Crippen LogP contribution in [0.15, 0.2) is 24.3 Å². The fourth-order valence-corrected chi connectivity index (χ4v) is 1.59. The number of benzene rings is 1. The van der Waals surface area contributed by atoms with Gasteiger partial charge in [-0.05, 0) is 24.3 Å². The van der Waals surface area contributed by atoms with E-state index in [0.717, 1.165) is 18.4 Å². The first-order valence-electron chi connectivity index (χ1n) is 3.95. The molecule has 0 fully saturated rings. The Morgan fingerprint density at radius 3 is 2.20 bits per heavy atom. The van der Waals surface area contributed by atoms with E-state index in [-0.39, 0.29) is 5.56 Å². The average molecular weight is 251 g/mol. The molecule has 0 aromatic heterocycles. The van der Waals surface area contributed by atoms with Crippen molar-refractivity contribution < 1.29 is 17.6 Å². The molecule has 1 atom stereocenters. The third-order valence-corrected chi connectivity index (χ3v) is 3.85. The minimum Gasteiger partial charge on any atom is -0.291 e. The van der Waals surface area contributed by atoms with E-state index in [4.69, 9.17) is 11.6 Å². The molecular formula is C9H8ClFO3S. The van der Waals surface area contributed by atoms with Gasteiger partial charge in [0.15, 0.2) is 20.3 Å². The lowest BCUT2D eigenvalue weighted by Gasteiger charge is -2.05. The van der Waals surface area contributed by atoms with Crippen LogP contribution < -0.4 is 0 Å². The Morgan fingerprint density at radius 2 is 1.80 bits per heavy atom. The van der Waals surface area contributed by atoms with Crippen LogP contribution in [0.2, 0.25) is 0 Å². The molecule has 0 aliphatic heterocycles. The Balaban J connectivity index is 3.01.